The number of phenolic OH excluding ortho intramolecular Hbond substituents is 1. The quantitative estimate of drug-likeness (QED) is 0.185. The number of anilines is 1. The average molecular weight is 620 g/mol. The van der Waals surface area contributed by atoms with E-state index in [1.807, 2.05) is 67.5 Å². The van der Waals surface area contributed by atoms with Crippen LogP contribution in [0.2, 0.25) is 0 Å². The number of phenols is 1. The second-order valence-electron chi connectivity index (χ2n) is 13.3. The molecular weight excluding hydrogens is 570 g/mol. The van der Waals surface area contributed by atoms with Gasteiger partial charge < -0.3 is 29.0 Å². The number of rotatable bonds is 12. The monoisotopic (exact) mass is 619 g/mol. The van der Waals surface area contributed by atoms with Crippen LogP contribution in [-0.4, -0.2) is 124 Å². The van der Waals surface area contributed by atoms with Gasteiger partial charge in [-0.05, 0) is 60.5 Å². The molecule has 4 rings (SSSR count). The van der Waals surface area contributed by atoms with Crippen LogP contribution in [0.5, 0.6) is 5.75 Å². The maximum absolute atomic E-state index is 12.0. The van der Waals surface area contributed by atoms with E-state index in [0.717, 1.165) is 44.3 Å². The molecule has 0 aliphatic rings. The van der Waals surface area contributed by atoms with Crippen molar-refractivity contribution < 1.29 is 28.4 Å². The summed E-state index contributed by atoms with van der Waals surface area (Å²) in [5.74, 6) is -0.124. The highest BCUT2D eigenvalue weighted by molar-refractivity contribution is 5.89. The summed E-state index contributed by atoms with van der Waals surface area (Å²) in [6.45, 7) is 2.79. The minimum absolute atomic E-state index is 0.0287. The lowest BCUT2D eigenvalue weighted by atomic mass is 10.1. The van der Waals surface area contributed by atoms with Gasteiger partial charge in [-0.15, -0.1) is 15.0 Å². The first kappa shape index (κ1) is 35.0. The van der Waals surface area contributed by atoms with Gasteiger partial charge in [-0.3, -0.25) is 4.79 Å². The number of likely N-dealkylation sites (N-methyl/N-ethyl adjacent to an activating group) is 2. The first-order valence-corrected chi connectivity index (χ1v) is 15.1. The van der Waals surface area contributed by atoms with Crippen LogP contribution >= 0.6 is 0 Å². The van der Waals surface area contributed by atoms with Crippen LogP contribution in [0, 0.1) is 0 Å². The van der Waals surface area contributed by atoms with Crippen LogP contribution in [0.15, 0.2) is 66.7 Å². The molecule has 4 aromatic rings. The summed E-state index contributed by atoms with van der Waals surface area (Å²) in [5.41, 5.74) is 4.65. The van der Waals surface area contributed by atoms with Gasteiger partial charge in [-0.2, -0.15) is 0 Å². The summed E-state index contributed by atoms with van der Waals surface area (Å²) >= 11 is 0. The molecule has 0 saturated heterocycles. The largest absolute Gasteiger partial charge is 0.506 e. The average Bonchev–Trinajstić information content (AvgIpc) is 3.40. The molecule has 3 aromatic carbocycles. The van der Waals surface area contributed by atoms with Gasteiger partial charge in [0.15, 0.2) is 0 Å². The Kier molecular flexibility index (Phi) is 12.1. The molecule has 1 heterocycles. The number of amides is 1. The van der Waals surface area contributed by atoms with Gasteiger partial charge in [0.2, 0.25) is 5.91 Å². The van der Waals surface area contributed by atoms with Gasteiger partial charge in [0, 0.05) is 26.2 Å². The number of quaternary nitrogens is 2. The highest BCUT2D eigenvalue weighted by Crippen LogP contribution is 2.23. The van der Waals surface area contributed by atoms with Crippen molar-refractivity contribution in [3.8, 4) is 11.4 Å². The zero-order valence-electron chi connectivity index (χ0n) is 27.9. The minimum Gasteiger partial charge on any atom is -0.506 e. The van der Waals surface area contributed by atoms with Gasteiger partial charge in [0.1, 0.15) is 35.6 Å². The predicted octanol–water partition coefficient (Wildman–Crippen LogP) is 3.50. The van der Waals surface area contributed by atoms with Gasteiger partial charge in [-0.1, -0.05) is 18.2 Å². The lowest BCUT2D eigenvalue weighted by Gasteiger charge is -2.23. The topological polar surface area (TPSA) is 110 Å². The summed E-state index contributed by atoms with van der Waals surface area (Å²) in [5, 5.41) is 22.0. The Morgan fingerprint density at radius 2 is 1.47 bits per heavy atom. The van der Waals surface area contributed by atoms with Crippen LogP contribution in [0.4, 0.5) is 5.69 Å². The fraction of sp³-hybridized carbons (Fsp3) is 0.412. The molecule has 45 heavy (non-hydrogen) atoms. The van der Waals surface area contributed by atoms with E-state index >= 15 is 0 Å². The highest BCUT2D eigenvalue weighted by atomic mass is 16.5. The number of nitrogens with zero attached hydrogens (tertiary/aromatic N) is 6. The van der Waals surface area contributed by atoms with Gasteiger partial charge in [0.05, 0.1) is 60.9 Å². The second-order valence-corrected chi connectivity index (χ2v) is 13.3. The Morgan fingerprint density at radius 1 is 0.867 bits per heavy atom. The third kappa shape index (κ3) is 11.8. The summed E-state index contributed by atoms with van der Waals surface area (Å²) in [7, 11) is 16.4. The number of aromatic nitrogens is 3. The van der Waals surface area contributed by atoms with E-state index in [2.05, 4.69) is 57.8 Å². The van der Waals surface area contributed by atoms with Gasteiger partial charge in [0.25, 0.3) is 0 Å². The molecule has 242 valence electrons. The fourth-order valence-electron chi connectivity index (χ4n) is 4.12. The van der Waals surface area contributed by atoms with Crippen LogP contribution in [0.25, 0.3) is 16.7 Å². The standard InChI is InChI=1S/C20H25N5O2.C14H23N2O2/c1-25(2,3)13-12-21-20(27)11-9-15-8-10-19(26)18(14-15)24-22-16-6-4-5-7-17(16)23-24;1-15(2)13-8-6-12(7-9-13)14(17)18-11-10-16(3,4)5/h4-8,10,14H,9,11-13H2,1-3H3,(H-,21,26,27);6-9H,10-11H2,1-5H3/q;+1/p+1. The molecule has 0 fully saturated rings. The number of fused-ring (bicyclic) bond motifs is 1. The molecular formula is C34H49N7O4+2. The summed E-state index contributed by atoms with van der Waals surface area (Å²) in [4.78, 5) is 27.2. The molecule has 1 aromatic heterocycles. The number of ether oxygens (including phenoxy) is 1. The van der Waals surface area contributed by atoms with Crippen molar-refractivity contribution in [1.29, 1.82) is 0 Å². The molecule has 0 bridgehead atoms. The normalized spacial score (nSPS) is 11.5. The zero-order valence-corrected chi connectivity index (χ0v) is 27.9. The molecule has 0 spiro atoms. The van der Waals surface area contributed by atoms with Crippen molar-refractivity contribution in [1.82, 2.24) is 20.3 Å². The number of benzene rings is 3. The maximum atomic E-state index is 12.0. The summed E-state index contributed by atoms with van der Waals surface area (Å²) in [6.07, 6.45) is 0.986. The van der Waals surface area contributed by atoms with Crippen molar-refractivity contribution in [3.05, 3.63) is 77.9 Å². The van der Waals surface area contributed by atoms with Crippen molar-refractivity contribution in [3.63, 3.8) is 0 Å². The SMILES string of the molecule is CN(C)c1ccc(C(=O)OCC[N+](C)(C)C)cc1.C[N+](C)(C)CCNC(=O)CCc1ccc(O)c(-n2nc3ccccc3n2)c1. The zero-order chi connectivity index (χ0) is 33.2. The van der Waals surface area contributed by atoms with Crippen LogP contribution < -0.4 is 10.2 Å². The number of hydrogen-bond donors (Lipinski definition) is 2. The summed E-state index contributed by atoms with van der Waals surface area (Å²) < 4.78 is 6.83. The lowest BCUT2D eigenvalue weighted by Crippen LogP contribution is -2.41. The van der Waals surface area contributed by atoms with Crippen molar-refractivity contribution in [2.24, 2.45) is 0 Å². The van der Waals surface area contributed by atoms with E-state index in [-0.39, 0.29) is 17.6 Å². The van der Waals surface area contributed by atoms with E-state index < -0.39 is 0 Å². The van der Waals surface area contributed by atoms with Gasteiger partial charge in [-0.25, -0.2) is 4.79 Å². The number of esters is 1. The van der Waals surface area contributed by atoms with E-state index in [4.69, 9.17) is 4.74 Å². The first-order valence-electron chi connectivity index (χ1n) is 15.1. The molecule has 11 heteroatoms. The molecule has 2 N–H and O–H groups in total. The van der Waals surface area contributed by atoms with Crippen LogP contribution in [-0.2, 0) is 16.0 Å². The van der Waals surface area contributed by atoms with Gasteiger partial charge >= 0.3 is 5.97 Å². The Balaban J connectivity index is 0.000000268. The Bertz CT molecular complexity index is 1520. The third-order valence-corrected chi connectivity index (χ3v) is 6.90. The molecule has 0 atom stereocenters. The number of aromatic hydroxyl groups is 1. The highest BCUT2D eigenvalue weighted by Gasteiger charge is 2.13. The number of carbonyl (C=O) groups is 2. The van der Waals surface area contributed by atoms with Crippen molar-refractivity contribution >= 4 is 28.6 Å². The van der Waals surface area contributed by atoms with Crippen molar-refractivity contribution in [2.45, 2.75) is 12.8 Å². The van der Waals surface area contributed by atoms with Crippen LogP contribution in [0.1, 0.15) is 22.3 Å². The van der Waals surface area contributed by atoms with E-state index in [0.29, 0.717) is 37.2 Å². The second kappa shape index (κ2) is 15.5. The van der Waals surface area contributed by atoms with E-state index in [1.54, 1.807) is 18.2 Å². The number of carbonyl (C=O) groups excluding carboxylic acids is 2. The molecule has 0 unspecified atom stereocenters. The number of nitrogens with one attached hydrogen (secondary N) is 1. The van der Waals surface area contributed by atoms with E-state index in [1.165, 1.54) is 4.80 Å². The fourth-order valence-corrected chi connectivity index (χ4v) is 4.12. The van der Waals surface area contributed by atoms with Crippen molar-refractivity contribution in [2.75, 3.05) is 87.5 Å². The predicted molar refractivity (Wildman–Crippen MR) is 179 cm³/mol. The smallest absolute Gasteiger partial charge is 0.338 e. The van der Waals surface area contributed by atoms with Crippen LogP contribution in [0.3, 0.4) is 0 Å². The molecule has 0 aliphatic carbocycles. The minimum atomic E-state index is -0.256. The van der Waals surface area contributed by atoms with E-state index in [9.17, 15) is 14.7 Å². The summed E-state index contributed by atoms with van der Waals surface area (Å²) in [6, 6.07) is 20.2. The first-order chi connectivity index (χ1) is 21.1. The molecule has 11 nitrogen and oxygen atoms in total. The Hall–Kier alpha value is -4.48. The lowest BCUT2D eigenvalue weighted by molar-refractivity contribution is -0.870. The Morgan fingerprint density at radius 3 is 2.02 bits per heavy atom. The molecule has 0 radical (unpaired) electrons. The molecule has 1 amide bonds. The maximum Gasteiger partial charge on any atom is 0.338 e. The number of aryl methyl sites for hydroxylation is 1. The number of hydrogen-bond acceptors (Lipinski definition) is 7. The molecule has 0 saturated carbocycles. The third-order valence-electron chi connectivity index (χ3n) is 6.90. The molecule has 0 aliphatic heterocycles. The Labute approximate surface area is 266 Å².